The third kappa shape index (κ3) is 1.95. The molecule has 3 heterocycles. The molecule has 0 radical (unpaired) electrons. The van der Waals surface area contributed by atoms with Crippen molar-refractivity contribution in [1.82, 2.24) is 9.55 Å². The van der Waals surface area contributed by atoms with E-state index in [4.69, 9.17) is 9.52 Å². The van der Waals surface area contributed by atoms with Crippen LogP contribution in [0.3, 0.4) is 0 Å². The van der Waals surface area contributed by atoms with Crippen LogP contribution in [0.5, 0.6) is 0 Å². The summed E-state index contributed by atoms with van der Waals surface area (Å²) in [5, 5.41) is 9.13. The van der Waals surface area contributed by atoms with Gasteiger partial charge in [0.05, 0.1) is 5.92 Å². The van der Waals surface area contributed by atoms with Crippen molar-refractivity contribution in [1.29, 1.82) is 0 Å². The summed E-state index contributed by atoms with van der Waals surface area (Å²) in [5.74, 6) is 1.43. The summed E-state index contributed by atoms with van der Waals surface area (Å²) < 4.78 is 7.64. The fourth-order valence-corrected chi connectivity index (χ4v) is 2.69. The molecule has 0 saturated heterocycles. The van der Waals surface area contributed by atoms with Gasteiger partial charge in [0, 0.05) is 12.2 Å². The minimum Gasteiger partial charge on any atom is -0.481 e. The lowest BCUT2D eigenvalue weighted by Gasteiger charge is -2.22. The fraction of sp³-hybridized carbons (Fsp3) is 0.429. The quantitative estimate of drug-likeness (QED) is 0.900. The van der Waals surface area contributed by atoms with Crippen LogP contribution in [0.1, 0.15) is 23.7 Å². The van der Waals surface area contributed by atoms with Crippen molar-refractivity contribution in [2.75, 3.05) is 0 Å². The Kier molecular flexibility index (Phi) is 2.69. The van der Waals surface area contributed by atoms with Crippen LogP contribution in [0, 0.1) is 19.8 Å². The second kappa shape index (κ2) is 4.26. The van der Waals surface area contributed by atoms with Gasteiger partial charge in [0.15, 0.2) is 5.76 Å². The van der Waals surface area contributed by atoms with E-state index in [1.54, 1.807) is 0 Å². The Labute approximate surface area is 110 Å². The van der Waals surface area contributed by atoms with Crippen LogP contribution in [-0.4, -0.2) is 20.6 Å². The molecule has 1 aliphatic heterocycles. The summed E-state index contributed by atoms with van der Waals surface area (Å²) in [4.78, 5) is 15.6. The molecular weight excluding hydrogens is 244 g/mol. The van der Waals surface area contributed by atoms with E-state index >= 15 is 0 Å². The Bertz CT molecular complexity index is 639. The zero-order chi connectivity index (χ0) is 13.6. The fourth-order valence-electron chi connectivity index (χ4n) is 2.69. The van der Waals surface area contributed by atoms with Crippen molar-refractivity contribution in [3.8, 4) is 11.5 Å². The standard InChI is InChI=1S/C14H16N2O3/c1-8-3-6-12(19-8)13-11-5-4-10(14(17)18)7-16(11)9(2)15-13/h3,6,10H,4-5,7H2,1-2H3,(H,17,18). The van der Waals surface area contributed by atoms with Crippen molar-refractivity contribution in [3.63, 3.8) is 0 Å². The molecule has 100 valence electrons. The van der Waals surface area contributed by atoms with Crippen molar-refractivity contribution in [2.24, 2.45) is 5.92 Å². The number of imidazole rings is 1. The number of nitrogens with zero attached hydrogens (tertiary/aromatic N) is 2. The van der Waals surface area contributed by atoms with E-state index in [0.29, 0.717) is 13.0 Å². The van der Waals surface area contributed by atoms with Crippen molar-refractivity contribution in [2.45, 2.75) is 33.2 Å². The van der Waals surface area contributed by atoms with Crippen LogP contribution in [0.25, 0.3) is 11.5 Å². The molecule has 2 aromatic rings. The lowest BCUT2D eigenvalue weighted by molar-refractivity contribution is -0.142. The van der Waals surface area contributed by atoms with Crippen LogP contribution in [0.4, 0.5) is 0 Å². The van der Waals surface area contributed by atoms with E-state index in [0.717, 1.165) is 35.2 Å². The topological polar surface area (TPSA) is 68.3 Å². The van der Waals surface area contributed by atoms with Gasteiger partial charge in [0.2, 0.25) is 0 Å². The molecule has 19 heavy (non-hydrogen) atoms. The molecule has 1 N–H and O–H groups in total. The first-order valence-corrected chi connectivity index (χ1v) is 6.42. The third-order valence-corrected chi connectivity index (χ3v) is 3.72. The number of hydrogen-bond acceptors (Lipinski definition) is 3. The van der Waals surface area contributed by atoms with Gasteiger partial charge in [-0.05, 0) is 38.8 Å². The third-order valence-electron chi connectivity index (χ3n) is 3.72. The van der Waals surface area contributed by atoms with Crippen LogP contribution in [-0.2, 0) is 17.8 Å². The molecule has 0 bridgehead atoms. The molecule has 0 spiro atoms. The van der Waals surface area contributed by atoms with Gasteiger partial charge in [0.25, 0.3) is 0 Å². The average Bonchev–Trinajstić information content (AvgIpc) is 2.94. The zero-order valence-electron chi connectivity index (χ0n) is 11.0. The minimum atomic E-state index is -0.728. The summed E-state index contributed by atoms with van der Waals surface area (Å²) >= 11 is 0. The minimum absolute atomic E-state index is 0.313. The maximum absolute atomic E-state index is 11.1. The highest BCUT2D eigenvalue weighted by Crippen LogP contribution is 2.31. The lowest BCUT2D eigenvalue weighted by atomic mass is 9.97. The van der Waals surface area contributed by atoms with Crippen LogP contribution < -0.4 is 0 Å². The highest BCUT2D eigenvalue weighted by atomic mass is 16.4. The summed E-state index contributed by atoms with van der Waals surface area (Å²) in [6.07, 6.45) is 1.39. The van der Waals surface area contributed by atoms with E-state index in [2.05, 4.69) is 4.98 Å². The molecule has 0 aromatic carbocycles. The molecule has 0 saturated carbocycles. The van der Waals surface area contributed by atoms with E-state index in [1.165, 1.54) is 0 Å². The van der Waals surface area contributed by atoms with Gasteiger partial charge >= 0.3 is 5.97 Å². The van der Waals surface area contributed by atoms with Gasteiger partial charge in [-0.3, -0.25) is 4.79 Å². The first-order chi connectivity index (χ1) is 9.06. The Balaban J connectivity index is 2.03. The molecule has 5 nitrogen and oxygen atoms in total. The molecule has 2 aromatic heterocycles. The maximum atomic E-state index is 11.1. The Hall–Kier alpha value is -2.04. The Morgan fingerprint density at radius 2 is 2.26 bits per heavy atom. The SMILES string of the molecule is Cc1ccc(-c2nc(C)n3c2CCC(C(=O)O)C3)o1. The number of carbonyl (C=O) groups is 1. The van der Waals surface area contributed by atoms with E-state index in [-0.39, 0.29) is 5.92 Å². The smallest absolute Gasteiger partial charge is 0.308 e. The predicted molar refractivity (Wildman–Crippen MR) is 68.8 cm³/mol. The molecule has 0 fully saturated rings. The van der Waals surface area contributed by atoms with Gasteiger partial charge in [0.1, 0.15) is 17.3 Å². The lowest BCUT2D eigenvalue weighted by Crippen LogP contribution is -2.27. The summed E-state index contributed by atoms with van der Waals surface area (Å²) in [7, 11) is 0. The molecule has 1 atom stereocenters. The number of aryl methyl sites for hydroxylation is 2. The van der Waals surface area contributed by atoms with Gasteiger partial charge in [-0.15, -0.1) is 0 Å². The number of fused-ring (bicyclic) bond motifs is 1. The van der Waals surface area contributed by atoms with Gasteiger partial charge < -0.3 is 14.1 Å². The first-order valence-electron chi connectivity index (χ1n) is 6.42. The summed E-state index contributed by atoms with van der Waals surface area (Å²) in [6, 6.07) is 3.83. The molecule has 1 unspecified atom stereocenters. The highest BCUT2D eigenvalue weighted by molar-refractivity contribution is 5.70. The number of rotatable bonds is 2. The number of aliphatic carboxylic acids is 1. The highest BCUT2D eigenvalue weighted by Gasteiger charge is 2.29. The number of carboxylic acid groups (broad SMARTS) is 1. The van der Waals surface area contributed by atoms with Crippen LogP contribution >= 0.6 is 0 Å². The van der Waals surface area contributed by atoms with Gasteiger partial charge in [-0.2, -0.15) is 0 Å². The number of hydrogen-bond donors (Lipinski definition) is 1. The normalized spacial score (nSPS) is 18.3. The predicted octanol–water partition coefficient (Wildman–Crippen LogP) is 2.41. The molecule has 3 rings (SSSR count). The molecule has 1 aliphatic rings. The maximum Gasteiger partial charge on any atom is 0.308 e. The van der Waals surface area contributed by atoms with Crippen LogP contribution in [0.15, 0.2) is 16.5 Å². The van der Waals surface area contributed by atoms with Crippen molar-refractivity contribution >= 4 is 5.97 Å². The molecule has 5 heteroatoms. The van der Waals surface area contributed by atoms with Crippen molar-refractivity contribution in [3.05, 3.63) is 29.4 Å². The summed E-state index contributed by atoms with van der Waals surface area (Å²) in [6.45, 7) is 4.32. The monoisotopic (exact) mass is 260 g/mol. The van der Waals surface area contributed by atoms with E-state index in [1.807, 2.05) is 30.5 Å². The molecular formula is C14H16N2O3. The molecule has 0 amide bonds. The Morgan fingerprint density at radius 3 is 2.89 bits per heavy atom. The van der Waals surface area contributed by atoms with Crippen LogP contribution in [0.2, 0.25) is 0 Å². The van der Waals surface area contributed by atoms with Gasteiger partial charge in [-0.25, -0.2) is 4.98 Å². The van der Waals surface area contributed by atoms with E-state index < -0.39 is 5.97 Å². The van der Waals surface area contributed by atoms with Crippen molar-refractivity contribution < 1.29 is 14.3 Å². The number of carboxylic acids is 1. The van der Waals surface area contributed by atoms with E-state index in [9.17, 15) is 4.79 Å². The number of furan rings is 1. The Morgan fingerprint density at radius 1 is 1.47 bits per heavy atom. The second-order valence-electron chi connectivity index (χ2n) is 5.05. The average molecular weight is 260 g/mol. The summed E-state index contributed by atoms with van der Waals surface area (Å²) in [5.41, 5.74) is 1.94. The largest absolute Gasteiger partial charge is 0.481 e. The van der Waals surface area contributed by atoms with Gasteiger partial charge in [-0.1, -0.05) is 0 Å². The zero-order valence-corrected chi connectivity index (χ0v) is 11.0. The second-order valence-corrected chi connectivity index (χ2v) is 5.05. The molecule has 0 aliphatic carbocycles. The number of aromatic nitrogens is 2. The first kappa shape index (κ1) is 12.0.